The monoisotopic (exact) mass is 281 g/mol. The van der Waals surface area contributed by atoms with Crippen LogP contribution in [-0.4, -0.2) is 39.7 Å². The van der Waals surface area contributed by atoms with Gasteiger partial charge in [-0.1, -0.05) is 5.16 Å². The molecule has 1 heterocycles. The molecule has 1 fully saturated rings. The summed E-state index contributed by atoms with van der Waals surface area (Å²) in [5.41, 5.74) is 6.03. The van der Waals surface area contributed by atoms with Crippen molar-refractivity contribution in [1.82, 2.24) is 4.90 Å². The number of amidine groups is 1. The van der Waals surface area contributed by atoms with Crippen molar-refractivity contribution in [3.63, 3.8) is 0 Å². The average Bonchev–Trinajstić information content (AvgIpc) is 2.39. The molecule has 1 aromatic carbocycles. The van der Waals surface area contributed by atoms with E-state index in [0.717, 1.165) is 18.7 Å². The Kier molecular flexibility index (Phi) is 4.25. The Morgan fingerprint density at radius 2 is 2.05 bits per heavy atom. The highest BCUT2D eigenvalue weighted by Crippen LogP contribution is 2.22. The lowest BCUT2D eigenvalue weighted by atomic mass is 9.93. The maximum atomic E-state index is 13.6. The normalized spacial score (nSPS) is 20.1. The molecule has 1 aliphatic heterocycles. The van der Waals surface area contributed by atoms with Gasteiger partial charge in [0.05, 0.1) is 5.60 Å². The molecule has 6 heteroatoms. The number of nitrogens with two attached hydrogens (primary N) is 1. The predicted octanol–water partition coefficient (Wildman–Crippen LogP) is 1.27. The minimum atomic E-state index is -0.600. The Morgan fingerprint density at radius 3 is 2.65 bits per heavy atom. The number of rotatable bonds is 3. The van der Waals surface area contributed by atoms with Crippen LogP contribution >= 0.6 is 0 Å². The number of benzene rings is 1. The standard InChI is InChI=1S/C14H20FN3O2/c1-14(19)2-4-18(5-3-14)9-10-6-11(13(16)17-20)8-12(15)7-10/h6-8,19-20H,2-5,9H2,1H3,(H2,16,17). The number of hydrogen-bond acceptors (Lipinski definition) is 4. The van der Waals surface area contributed by atoms with Crippen LogP contribution in [-0.2, 0) is 6.54 Å². The quantitative estimate of drug-likeness (QED) is 0.337. The summed E-state index contributed by atoms with van der Waals surface area (Å²) < 4.78 is 13.6. The molecular formula is C14H20FN3O2. The fourth-order valence-electron chi connectivity index (χ4n) is 2.40. The summed E-state index contributed by atoms with van der Waals surface area (Å²) >= 11 is 0. The van der Waals surface area contributed by atoms with E-state index in [-0.39, 0.29) is 5.84 Å². The van der Waals surface area contributed by atoms with E-state index in [0.29, 0.717) is 24.9 Å². The zero-order valence-corrected chi connectivity index (χ0v) is 11.5. The molecule has 0 aromatic heterocycles. The second kappa shape index (κ2) is 5.76. The van der Waals surface area contributed by atoms with Crippen molar-refractivity contribution in [2.24, 2.45) is 10.9 Å². The van der Waals surface area contributed by atoms with E-state index in [1.54, 1.807) is 6.07 Å². The number of nitrogens with zero attached hydrogens (tertiary/aromatic N) is 2. The summed E-state index contributed by atoms with van der Waals surface area (Å²) in [7, 11) is 0. The van der Waals surface area contributed by atoms with Gasteiger partial charge in [-0.15, -0.1) is 0 Å². The highest BCUT2D eigenvalue weighted by Gasteiger charge is 2.27. The predicted molar refractivity (Wildman–Crippen MR) is 74.0 cm³/mol. The molecule has 0 aliphatic carbocycles. The molecule has 2 rings (SSSR count). The van der Waals surface area contributed by atoms with Crippen LogP contribution in [0.2, 0.25) is 0 Å². The van der Waals surface area contributed by atoms with E-state index in [9.17, 15) is 9.50 Å². The van der Waals surface area contributed by atoms with Crippen LogP contribution in [0.15, 0.2) is 23.4 Å². The molecule has 0 spiro atoms. The van der Waals surface area contributed by atoms with Gasteiger partial charge in [0, 0.05) is 25.2 Å². The van der Waals surface area contributed by atoms with Gasteiger partial charge in [0.1, 0.15) is 5.82 Å². The number of hydrogen-bond donors (Lipinski definition) is 3. The lowest BCUT2D eigenvalue weighted by molar-refractivity contribution is -0.00732. The number of halogens is 1. The first-order valence-corrected chi connectivity index (χ1v) is 6.62. The Balaban J connectivity index is 2.08. The smallest absolute Gasteiger partial charge is 0.170 e. The van der Waals surface area contributed by atoms with Crippen molar-refractivity contribution in [3.8, 4) is 0 Å². The number of aliphatic hydroxyl groups is 1. The van der Waals surface area contributed by atoms with E-state index in [4.69, 9.17) is 10.9 Å². The Labute approximate surface area is 117 Å². The second-order valence-electron chi connectivity index (χ2n) is 5.61. The summed E-state index contributed by atoms with van der Waals surface area (Å²) in [5.74, 6) is -0.513. The van der Waals surface area contributed by atoms with Gasteiger partial charge in [-0.3, -0.25) is 4.90 Å². The fraction of sp³-hybridized carbons (Fsp3) is 0.500. The molecule has 0 radical (unpaired) electrons. The maximum absolute atomic E-state index is 13.6. The zero-order chi connectivity index (χ0) is 14.8. The highest BCUT2D eigenvalue weighted by molar-refractivity contribution is 5.97. The van der Waals surface area contributed by atoms with Gasteiger partial charge >= 0.3 is 0 Å². The molecule has 1 aliphatic rings. The zero-order valence-electron chi connectivity index (χ0n) is 11.5. The van der Waals surface area contributed by atoms with Gasteiger partial charge in [-0.2, -0.15) is 0 Å². The molecule has 1 saturated heterocycles. The molecule has 0 bridgehead atoms. The van der Waals surface area contributed by atoms with E-state index < -0.39 is 11.4 Å². The van der Waals surface area contributed by atoms with Crippen molar-refractivity contribution in [2.45, 2.75) is 31.9 Å². The van der Waals surface area contributed by atoms with E-state index >= 15 is 0 Å². The van der Waals surface area contributed by atoms with Crippen LogP contribution in [0.25, 0.3) is 0 Å². The van der Waals surface area contributed by atoms with Crippen LogP contribution in [0.1, 0.15) is 30.9 Å². The first kappa shape index (κ1) is 14.7. The van der Waals surface area contributed by atoms with Crippen LogP contribution < -0.4 is 5.73 Å². The van der Waals surface area contributed by atoms with Gasteiger partial charge in [-0.25, -0.2) is 4.39 Å². The summed E-state index contributed by atoms with van der Waals surface area (Å²) in [6.07, 6.45) is 1.41. The van der Waals surface area contributed by atoms with E-state index in [1.165, 1.54) is 12.1 Å². The first-order chi connectivity index (χ1) is 9.39. The number of oxime groups is 1. The van der Waals surface area contributed by atoms with Gasteiger partial charge in [0.25, 0.3) is 0 Å². The van der Waals surface area contributed by atoms with Crippen molar-refractivity contribution in [3.05, 3.63) is 35.1 Å². The SMILES string of the molecule is CC1(O)CCN(Cc2cc(F)cc(/C(N)=N/O)c2)CC1. The Morgan fingerprint density at radius 1 is 1.40 bits per heavy atom. The minimum absolute atomic E-state index is 0.104. The summed E-state index contributed by atoms with van der Waals surface area (Å²) in [6.45, 7) is 3.95. The largest absolute Gasteiger partial charge is 0.409 e. The van der Waals surface area contributed by atoms with Crippen LogP contribution in [0.5, 0.6) is 0 Å². The first-order valence-electron chi connectivity index (χ1n) is 6.62. The molecule has 110 valence electrons. The minimum Gasteiger partial charge on any atom is -0.409 e. The molecule has 0 unspecified atom stereocenters. The fourth-order valence-corrected chi connectivity index (χ4v) is 2.40. The number of likely N-dealkylation sites (tertiary alicyclic amines) is 1. The molecule has 0 atom stereocenters. The van der Waals surface area contributed by atoms with Crippen molar-refractivity contribution < 1.29 is 14.7 Å². The van der Waals surface area contributed by atoms with Crippen LogP contribution in [0.4, 0.5) is 4.39 Å². The lowest BCUT2D eigenvalue weighted by Crippen LogP contribution is -2.42. The van der Waals surface area contributed by atoms with Gasteiger partial charge in [0.15, 0.2) is 5.84 Å². The van der Waals surface area contributed by atoms with Crippen molar-refractivity contribution >= 4 is 5.84 Å². The Hall–Kier alpha value is -1.66. The van der Waals surface area contributed by atoms with Crippen LogP contribution in [0.3, 0.4) is 0 Å². The molecule has 20 heavy (non-hydrogen) atoms. The van der Waals surface area contributed by atoms with Gasteiger partial charge < -0.3 is 16.0 Å². The molecule has 0 saturated carbocycles. The molecule has 1 aromatic rings. The topological polar surface area (TPSA) is 82.1 Å². The lowest BCUT2D eigenvalue weighted by Gasteiger charge is -2.35. The van der Waals surface area contributed by atoms with Crippen LogP contribution in [0, 0.1) is 5.82 Å². The molecule has 4 N–H and O–H groups in total. The van der Waals surface area contributed by atoms with E-state index in [1.807, 2.05) is 6.92 Å². The van der Waals surface area contributed by atoms with Gasteiger partial charge in [0.2, 0.25) is 0 Å². The van der Waals surface area contributed by atoms with E-state index in [2.05, 4.69) is 10.1 Å². The average molecular weight is 281 g/mol. The van der Waals surface area contributed by atoms with Crippen molar-refractivity contribution in [1.29, 1.82) is 0 Å². The summed E-state index contributed by atoms with van der Waals surface area (Å²) in [6, 6.07) is 4.39. The Bertz CT molecular complexity index is 507. The maximum Gasteiger partial charge on any atom is 0.170 e. The van der Waals surface area contributed by atoms with Gasteiger partial charge in [-0.05, 0) is 43.5 Å². The second-order valence-corrected chi connectivity index (χ2v) is 5.61. The highest BCUT2D eigenvalue weighted by atomic mass is 19.1. The third-order valence-corrected chi connectivity index (χ3v) is 3.70. The van der Waals surface area contributed by atoms with Crippen molar-refractivity contribution in [2.75, 3.05) is 13.1 Å². The number of piperidine rings is 1. The molecule has 0 amide bonds. The molecule has 5 nitrogen and oxygen atoms in total. The third kappa shape index (κ3) is 3.68. The third-order valence-electron chi connectivity index (χ3n) is 3.70. The molecular weight excluding hydrogens is 261 g/mol. The summed E-state index contributed by atoms with van der Waals surface area (Å²) in [5, 5.41) is 21.4. The summed E-state index contributed by atoms with van der Waals surface area (Å²) in [4.78, 5) is 2.16.